The van der Waals surface area contributed by atoms with Gasteiger partial charge < -0.3 is 14.6 Å². The molecule has 114 valence electrons. The zero-order valence-corrected chi connectivity index (χ0v) is 13.6. The number of nitrogens with zero attached hydrogens (tertiary/aromatic N) is 2. The summed E-state index contributed by atoms with van der Waals surface area (Å²) in [5.41, 5.74) is 1.40. The topological polar surface area (TPSA) is 39.1 Å². The highest BCUT2D eigenvalue weighted by Crippen LogP contribution is 2.37. The zero-order valence-electron chi connectivity index (χ0n) is 13.6. The van der Waals surface area contributed by atoms with Crippen molar-refractivity contribution in [3.63, 3.8) is 0 Å². The third-order valence-electron chi connectivity index (χ3n) is 4.55. The normalized spacial score (nSPS) is 23.6. The Morgan fingerprint density at radius 1 is 1.50 bits per heavy atom. The maximum Gasteiger partial charge on any atom is 0.203 e. The predicted molar refractivity (Wildman–Crippen MR) is 83.2 cm³/mol. The summed E-state index contributed by atoms with van der Waals surface area (Å²) in [5.74, 6) is 0.993. The van der Waals surface area contributed by atoms with Gasteiger partial charge in [-0.3, -0.25) is 0 Å². The Bertz CT molecular complexity index is 439. The molecule has 0 aliphatic heterocycles. The molecule has 0 radical (unpaired) electrons. The maximum atomic E-state index is 5.28. The van der Waals surface area contributed by atoms with Crippen LogP contribution in [0.15, 0.2) is 6.20 Å². The van der Waals surface area contributed by atoms with E-state index < -0.39 is 0 Å². The van der Waals surface area contributed by atoms with Crippen LogP contribution in [0, 0.1) is 12.3 Å². The van der Waals surface area contributed by atoms with Crippen LogP contribution >= 0.6 is 0 Å². The van der Waals surface area contributed by atoms with Crippen LogP contribution in [0.1, 0.15) is 58.2 Å². The lowest BCUT2D eigenvalue weighted by Gasteiger charge is -2.39. The number of nitrogens with one attached hydrogen (secondary N) is 1. The van der Waals surface area contributed by atoms with Crippen molar-refractivity contribution in [1.29, 1.82) is 0 Å². The molecular weight excluding hydrogens is 250 g/mol. The number of ether oxygens (including phenoxy) is 1. The fourth-order valence-electron chi connectivity index (χ4n) is 3.20. The number of rotatable bonds is 5. The van der Waals surface area contributed by atoms with Gasteiger partial charge in [-0.05, 0) is 32.1 Å². The molecule has 0 bridgehead atoms. The minimum absolute atomic E-state index is 0.301. The third-order valence-corrected chi connectivity index (χ3v) is 4.55. The fourth-order valence-corrected chi connectivity index (χ4v) is 3.20. The molecule has 4 nitrogen and oxygen atoms in total. The summed E-state index contributed by atoms with van der Waals surface area (Å²) in [7, 11) is 1.75. The SMILES string of the molecule is COCC(C)n1cc(C)nc1NC1CCCCC1(C)C. The first kappa shape index (κ1) is 15.4. The molecule has 0 amide bonds. The van der Waals surface area contributed by atoms with Gasteiger partial charge in [0.1, 0.15) is 0 Å². The molecule has 1 aromatic rings. The van der Waals surface area contributed by atoms with E-state index in [-0.39, 0.29) is 0 Å². The summed E-state index contributed by atoms with van der Waals surface area (Å²) in [6.07, 6.45) is 7.30. The summed E-state index contributed by atoms with van der Waals surface area (Å²) in [5, 5.41) is 3.70. The molecule has 1 aliphatic carbocycles. The minimum atomic E-state index is 0.301. The van der Waals surface area contributed by atoms with E-state index in [2.05, 4.69) is 41.8 Å². The van der Waals surface area contributed by atoms with Crippen molar-refractivity contribution in [2.75, 3.05) is 19.0 Å². The Morgan fingerprint density at radius 2 is 2.25 bits per heavy atom. The molecule has 20 heavy (non-hydrogen) atoms. The summed E-state index contributed by atoms with van der Waals surface area (Å²) in [6, 6.07) is 0.807. The average molecular weight is 279 g/mol. The summed E-state index contributed by atoms with van der Waals surface area (Å²) in [4.78, 5) is 4.67. The van der Waals surface area contributed by atoms with Gasteiger partial charge in [0.05, 0.1) is 18.3 Å². The summed E-state index contributed by atoms with van der Waals surface area (Å²) >= 11 is 0. The Morgan fingerprint density at radius 3 is 2.90 bits per heavy atom. The molecule has 1 fully saturated rings. The van der Waals surface area contributed by atoms with Gasteiger partial charge in [-0.2, -0.15) is 0 Å². The van der Waals surface area contributed by atoms with Crippen molar-refractivity contribution < 1.29 is 4.74 Å². The van der Waals surface area contributed by atoms with E-state index in [1.54, 1.807) is 7.11 Å². The first-order chi connectivity index (χ1) is 9.44. The standard InChI is InChI=1S/C16H29N3O/c1-12-10-19(13(2)11-20-5)15(17-12)18-14-8-6-7-9-16(14,3)4/h10,13-14H,6-9,11H2,1-5H3,(H,17,18). The van der Waals surface area contributed by atoms with Crippen molar-refractivity contribution in [3.8, 4) is 0 Å². The lowest BCUT2D eigenvalue weighted by Crippen LogP contribution is -2.39. The quantitative estimate of drug-likeness (QED) is 0.891. The van der Waals surface area contributed by atoms with Crippen molar-refractivity contribution in [2.45, 2.75) is 65.5 Å². The molecule has 0 aromatic carbocycles. The molecule has 2 unspecified atom stereocenters. The van der Waals surface area contributed by atoms with Crippen LogP contribution in [0.3, 0.4) is 0 Å². The molecule has 2 rings (SSSR count). The third kappa shape index (κ3) is 3.35. The van der Waals surface area contributed by atoms with E-state index in [1.807, 2.05) is 6.92 Å². The monoisotopic (exact) mass is 279 g/mol. The molecule has 0 saturated heterocycles. The zero-order chi connectivity index (χ0) is 14.8. The van der Waals surface area contributed by atoms with E-state index >= 15 is 0 Å². The van der Waals surface area contributed by atoms with Gasteiger partial charge >= 0.3 is 0 Å². The van der Waals surface area contributed by atoms with E-state index in [0.717, 1.165) is 11.6 Å². The van der Waals surface area contributed by atoms with Gasteiger partial charge in [-0.25, -0.2) is 4.98 Å². The van der Waals surface area contributed by atoms with E-state index in [4.69, 9.17) is 4.74 Å². The largest absolute Gasteiger partial charge is 0.383 e. The van der Waals surface area contributed by atoms with Gasteiger partial charge in [0.2, 0.25) is 5.95 Å². The van der Waals surface area contributed by atoms with Crippen molar-refractivity contribution in [2.24, 2.45) is 5.41 Å². The van der Waals surface area contributed by atoms with Crippen molar-refractivity contribution >= 4 is 5.95 Å². The second-order valence-corrected chi connectivity index (χ2v) is 6.85. The number of aromatic nitrogens is 2. The molecule has 1 saturated carbocycles. The van der Waals surface area contributed by atoms with Crippen LogP contribution in [-0.4, -0.2) is 29.3 Å². The molecule has 1 aliphatic rings. The Kier molecular flexibility index (Phi) is 4.74. The first-order valence-electron chi connectivity index (χ1n) is 7.75. The first-order valence-corrected chi connectivity index (χ1v) is 7.75. The van der Waals surface area contributed by atoms with Crippen molar-refractivity contribution in [1.82, 2.24) is 9.55 Å². The van der Waals surface area contributed by atoms with E-state index in [9.17, 15) is 0 Å². The molecule has 2 atom stereocenters. The number of hydrogen-bond donors (Lipinski definition) is 1. The van der Waals surface area contributed by atoms with Gasteiger partial charge in [0, 0.05) is 19.3 Å². The van der Waals surface area contributed by atoms with E-state index in [1.165, 1.54) is 25.7 Å². The van der Waals surface area contributed by atoms with Gasteiger partial charge in [0.25, 0.3) is 0 Å². The highest BCUT2D eigenvalue weighted by Gasteiger charge is 2.33. The van der Waals surface area contributed by atoms with Crippen LogP contribution in [0.5, 0.6) is 0 Å². The second kappa shape index (κ2) is 6.17. The Balaban J connectivity index is 2.16. The number of imidazole rings is 1. The van der Waals surface area contributed by atoms with Crippen LogP contribution in [0.25, 0.3) is 0 Å². The van der Waals surface area contributed by atoms with E-state index in [0.29, 0.717) is 24.1 Å². The molecular formula is C16H29N3O. The van der Waals surface area contributed by atoms with Crippen LogP contribution in [-0.2, 0) is 4.74 Å². The molecule has 0 spiro atoms. The number of aryl methyl sites for hydroxylation is 1. The second-order valence-electron chi connectivity index (χ2n) is 6.85. The lowest BCUT2D eigenvalue weighted by molar-refractivity contribution is 0.162. The molecule has 1 N–H and O–H groups in total. The number of methoxy groups -OCH3 is 1. The van der Waals surface area contributed by atoms with Gasteiger partial charge in [-0.1, -0.05) is 26.7 Å². The highest BCUT2D eigenvalue weighted by atomic mass is 16.5. The molecule has 4 heteroatoms. The highest BCUT2D eigenvalue weighted by molar-refractivity contribution is 5.32. The maximum absolute atomic E-state index is 5.28. The van der Waals surface area contributed by atoms with Gasteiger partial charge in [-0.15, -0.1) is 0 Å². The Hall–Kier alpha value is -1.03. The minimum Gasteiger partial charge on any atom is -0.383 e. The van der Waals surface area contributed by atoms with Crippen LogP contribution in [0.4, 0.5) is 5.95 Å². The smallest absolute Gasteiger partial charge is 0.203 e. The average Bonchev–Trinajstić information content (AvgIpc) is 2.73. The van der Waals surface area contributed by atoms with Crippen LogP contribution in [0.2, 0.25) is 0 Å². The summed E-state index contributed by atoms with van der Waals surface area (Å²) < 4.78 is 7.49. The fraction of sp³-hybridized carbons (Fsp3) is 0.812. The van der Waals surface area contributed by atoms with Crippen molar-refractivity contribution in [3.05, 3.63) is 11.9 Å². The number of anilines is 1. The molecule has 1 aromatic heterocycles. The van der Waals surface area contributed by atoms with Crippen LogP contribution < -0.4 is 5.32 Å². The number of hydrogen-bond acceptors (Lipinski definition) is 3. The summed E-state index contributed by atoms with van der Waals surface area (Å²) in [6.45, 7) is 9.65. The lowest BCUT2D eigenvalue weighted by atomic mass is 9.73. The Labute approximate surface area is 122 Å². The van der Waals surface area contributed by atoms with Gasteiger partial charge in [0.15, 0.2) is 0 Å². The predicted octanol–water partition coefficient (Wildman–Crippen LogP) is 3.78. The molecule has 1 heterocycles.